The Morgan fingerprint density at radius 1 is 1.21 bits per heavy atom. The van der Waals surface area contributed by atoms with Crippen molar-refractivity contribution in [2.24, 2.45) is 0 Å². The van der Waals surface area contributed by atoms with E-state index in [4.69, 9.17) is 4.52 Å². The molecule has 1 saturated carbocycles. The van der Waals surface area contributed by atoms with Gasteiger partial charge in [-0.15, -0.1) is 0 Å². The van der Waals surface area contributed by atoms with Crippen LogP contribution >= 0.6 is 0 Å². The van der Waals surface area contributed by atoms with Gasteiger partial charge in [-0.25, -0.2) is 9.97 Å². The van der Waals surface area contributed by atoms with Crippen molar-refractivity contribution in [2.45, 2.75) is 45.4 Å². The molecule has 1 N–H and O–H groups in total. The van der Waals surface area contributed by atoms with Crippen molar-refractivity contribution in [1.29, 1.82) is 0 Å². The van der Waals surface area contributed by atoms with E-state index < -0.39 is 0 Å². The van der Waals surface area contributed by atoms with E-state index in [0.717, 1.165) is 49.0 Å². The van der Waals surface area contributed by atoms with Gasteiger partial charge in [0, 0.05) is 25.1 Å². The average molecular weight is 327 g/mol. The van der Waals surface area contributed by atoms with Crippen molar-refractivity contribution < 1.29 is 9.32 Å². The van der Waals surface area contributed by atoms with Gasteiger partial charge in [0.05, 0.1) is 17.1 Å². The van der Waals surface area contributed by atoms with Crippen LogP contribution in [-0.4, -0.2) is 34.1 Å². The van der Waals surface area contributed by atoms with Crippen LogP contribution < -0.4 is 10.2 Å². The van der Waals surface area contributed by atoms with E-state index in [-0.39, 0.29) is 5.91 Å². The Hall–Kier alpha value is -2.44. The highest BCUT2D eigenvalue weighted by atomic mass is 16.5. The van der Waals surface area contributed by atoms with Crippen molar-refractivity contribution in [3.63, 3.8) is 0 Å². The Labute approximate surface area is 140 Å². The Balaban J connectivity index is 1.53. The predicted octanol–water partition coefficient (Wildman–Crippen LogP) is 2.81. The molecule has 1 saturated heterocycles. The number of carbonyl (C=O) groups excluding carboxylic acids is 1. The molecule has 126 valence electrons. The van der Waals surface area contributed by atoms with Crippen LogP contribution in [0, 0.1) is 13.8 Å². The van der Waals surface area contributed by atoms with Crippen molar-refractivity contribution in [1.82, 2.24) is 15.1 Å². The first-order valence-corrected chi connectivity index (χ1v) is 8.50. The first-order valence-electron chi connectivity index (χ1n) is 8.50. The zero-order chi connectivity index (χ0) is 16.7. The van der Waals surface area contributed by atoms with Crippen LogP contribution in [0.2, 0.25) is 0 Å². The number of hydrogen-bond acceptors (Lipinski definition) is 6. The lowest BCUT2D eigenvalue weighted by Crippen LogP contribution is -2.22. The van der Waals surface area contributed by atoms with Gasteiger partial charge in [0.25, 0.3) is 5.91 Å². The summed E-state index contributed by atoms with van der Waals surface area (Å²) in [5, 5.41) is 6.76. The molecule has 1 aliphatic heterocycles. The summed E-state index contributed by atoms with van der Waals surface area (Å²) in [7, 11) is 0. The van der Waals surface area contributed by atoms with E-state index in [2.05, 4.69) is 25.3 Å². The second-order valence-electron chi connectivity index (χ2n) is 6.61. The van der Waals surface area contributed by atoms with E-state index in [1.807, 2.05) is 13.8 Å². The molecular weight excluding hydrogens is 306 g/mol. The van der Waals surface area contributed by atoms with Gasteiger partial charge in [-0.1, -0.05) is 5.16 Å². The van der Waals surface area contributed by atoms with Crippen molar-refractivity contribution in [3.8, 4) is 0 Å². The minimum absolute atomic E-state index is 0.283. The first kappa shape index (κ1) is 15.1. The van der Waals surface area contributed by atoms with Crippen molar-refractivity contribution in [3.05, 3.63) is 28.9 Å². The lowest BCUT2D eigenvalue weighted by molar-refractivity contribution is 0.101. The third-order valence-corrected chi connectivity index (χ3v) is 4.63. The second kappa shape index (κ2) is 5.89. The number of aryl methyl sites for hydroxylation is 2. The van der Waals surface area contributed by atoms with Crippen LogP contribution in [0.3, 0.4) is 0 Å². The van der Waals surface area contributed by atoms with Gasteiger partial charge in [-0.3, -0.25) is 4.79 Å². The topological polar surface area (TPSA) is 84.2 Å². The van der Waals surface area contributed by atoms with Crippen LogP contribution in [0.4, 0.5) is 11.6 Å². The Bertz CT molecular complexity index is 752. The van der Waals surface area contributed by atoms with Crippen LogP contribution in [0.5, 0.6) is 0 Å². The van der Waals surface area contributed by atoms with Crippen LogP contribution in [0.1, 0.15) is 59.2 Å². The maximum absolute atomic E-state index is 12.4. The molecule has 4 rings (SSSR count). The molecule has 0 aromatic carbocycles. The molecule has 2 fully saturated rings. The Morgan fingerprint density at radius 2 is 1.88 bits per heavy atom. The molecule has 0 spiro atoms. The van der Waals surface area contributed by atoms with Gasteiger partial charge in [0.2, 0.25) is 5.95 Å². The number of nitrogens with zero attached hydrogens (tertiary/aromatic N) is 4. The first-order chi connectivity index (χ1) is 11.6. The van der Waals surface area contributed by atoms with E-state index in [9.17, 15) is 4.79 Å². The van der Waals surface area contributed by atoms with Gasteiger partial charge >= 0.3 is 0 Å². The minimum atomic E-state index is -0.283. The summed E-state index contributed by atoms with van der Waals surface area (Å²) in [5.74, 6) is 1.70. The maximum Gasteiger partial charge on any atom is 0.277 e. The van der Waals surface area contributed by atoms with Crippen LogP contribution in [-0.2, 0) is 0 Å². The van der Waals surface area contributed by atoms with Gasteiger partial charge < -0.3 is 14.7 Å². The SMILES string of the molecule is Cc1nc(N2CCCC2)nc(C)c1NC(=O)c1cc(C2CC2)on1. The Morgan fingerprint density at radius 3 is 2.50 bits per heavy atom. The monoisotopic (exact) mass is 327 g/mol. The van der Waals surface area contributed by atoms with E-state index in [1.54, 1.807) is 6.07 Å². The molecule has 0 radical (unpaired) electrons. The van der Waals surface area contributed by atoms with E-state index >= 15 is 0 Å². The summed E-state index contributed by atoms with van der Waals surface area (Å²) < 4.78 is 5.25. The van der Waals surface area contributed by atoms with Gasteiger partial charge in [-0.2, -0.15) is 0 Å². The van der Waals surface area contributed by atoms with Crippen molar-refractivity contribution in [2.75, 3.05) is 23.3 Å². The molecule has 0 atom stereocenters. The number of rotatable bonds is 4. The predicted molar refractivity (Wildman–Crippen MR) is 89.4 cm³/mol. The Kier molecular flexibility index (Phi) is 3.70. The number of carbonyl (C=O) groups is 1. The fourth-order valence-corrected chi connectivity index (χ4v) is 3.07. The largest absolute Gasteiger partial charge is 0.360 e. The number of hydrogen-bond donors (Lipinski definition) is 1. The minimum Gasteiger partial charge on any atom is -0.360 e. The summed E-state index contributed by atoms with van der Waals surface area (Å²) >= 11 is 0. The molecule has 7 heteroatoms. The highest BCUT2D eigenvalue weighted by Crippen LogP contribution is 2.40. The zero-order valence-electron chi connectivity index (χ0n) is 14.0. The molecule has 2 aromatic rings. The van der Waals surface area contributed by atoms with Crippen molar-refractivity contribution >= 4 is 17.5 Å². The van der Waals surface area contributed by atoms with Crippen LogP contribution in [0.15, 0.2) is 10.6 Å². The fourth-order valence-electron chi connectivity index (χ4n) is 3.07. The normalized spacial score (nSPS) is 17.3. The number of anilines is 2. The average Bonchev–Trinajstić information content (AvgIpc) is 3.07. The van der Waals surface area contributed by atoms with E-state index in [0.29, 0.717) is 17.3 Å². The van der Waals surface area contributed by atoms with Crippen LogP contribution in [0.25, 0.3) is 0 Å². The lowest BCUT2D eigenvalue weighted by Gasteiger charge is -2.18. The molecule has 0 bridgehead atoms. The lowest BCUT2D eigenvalue weighted by atomic mass is 10.2. The molecule has 2 aromatic heterocycles. The van der Waals surface area contributed by atoms with Gasteiger partial charge in [0.1, 0.15) is 5.76 Å². The van der Waals surface area contributed by atoms with Gasteiger partial charge in [0.15, 0.2) is 5.69 Å². The number of nitrogens with one attached hydrogen (secondary N) is 1. The fraction of sp³-hybridized carbons (Fsp3) is 0.529. The molecule has 7 nitrogen and oxygen atoms in total. The summed E-state index contributed by atoms with van der Waals surface area (Å²) in [5.41, 5.74) is 2.49. The molecule has 2 aliphatic rings. The summed E-state index contributed by atoms with van der Waals surface area (Å²) in [6, 6.07) is 1.73. The highest BCUT2D eigenvalue weighted by molar-refractivity contribution is 6.03. The molecule has 3 heterocycles. The number of aromatic nitrogens is 3. The smallest absolute Gasteiger partial charge is 0.277 e. The third kappa shape index (κ3) is 2.86. The highest BCUT2D eigenvalue weighted by Gasteiger charge is 2.29. The molecular formula is C17H21N5O2. The summed E-state index contributed by atoms with van der Waals surface area (Å²) in [6.07, 6.45) is 4.57. The quantitative estimate of drug-likeness (QED) is 0.929. The number of amides is 1. The zero-order valence-corrected chi connectivity index (χ0v) is 14.0. The molecule has 0 unspecified atom stereocenters. The molecule has 24 heavy (non-hydrogen) atoms. The molecule has 1 aliphatic carbocycles. The third-order valence-electron chi connectivity index (χ3n) is 4.63. The summed E-state index contributed by atoms with van der Waals surface area (Å²) in [4.78, 5) is 23.7. The second-order valence-corrected chi connectivity index (χ2v) is 6.61. The summed E-state index contributed by atoms with van der Waals surface area (Å²) in [6.45, 7) is 5.77. The van der Waals surface area contributed by atoms with Gasteiger partial charge in [-0.05, 0) is 39.5 Å². The maximum atomic E-state index is 12.4. The standard InChI is InChI=1S/C17H21N5O2/c1-10-15(11(2)19-17(18-10)22-7-3-4-8-22)20-16(23)13-9-14(24-21-13)12-5-6-12/h9,12H,3-8H2,1-2H3,(H,20,23). The molecule has 1 amide bonds. The van der Waals surface area contributed by atoms with E-state index in [1.165, 1.54) is 12.8 Å².